The predicted octanol–water partition coefficient (Wildman–Crippen LogP) is 2.39. The van der Waals surface area contributed by atoms with Crippen molar-refractivity contribution in [1.29, 1.82) is 0 Å². The van der Waals surface area contributed by atoms with Gasteiger partial charge in [0.2, 0.25) is 0 Å². The van der Waals surface area contributed by atoms with Crippen molar-refractivity contribution in [3.05, 3.63) is 54.0 Å². The molecule has 0 amide bonds. The SMILES string of the molecule is NCCc1cccnc1-c1ccccc1F. The Bertz CT molecular complexity index is 483. The van der Waals surface area contributed by atoms with Crippen molar-refractivity contribution in [3.8, 4) is 11.3 Å². The lowest BCUT2D eigenvalue weighted by Gasteiger charge is -2.08. The molecule has 0 unspecified atom stereocenters. The summed E-state index contributed by atoms with van der Waals surface area (Å²) in [7, 11) is 0. The second kappa shape index (κ2) is 4.86. The first kappa shape index (κ1) is 10.8. The van der Waals surface area contributed by atoms with Crippen molar-refractivity contribution < 1.29 is 4.39 Å². The zero-order valence-corrected chi connectivity index (χ0v) is 8.86. The van der Waals surface area contributed by atoms with Crippen molar-refractivity contribution in [2.45, 2.75) is 6.42 Å². The Kier molecular flexibility index (Phi) is 3.27. The molecule has 0 aliphatic rings. The predicted molar refractivity (Wildman–Crippen MR) is 62.4 cm³/mol. The highest BCUT2D eigenvalue weighted by Crippen LogP contribution is 2.23. The summed E-state index contributed by atoms with van der Waals surface area (Å²) in [5, 5.41) is 0. The molecule has 1 aromatic heterocycles. The zero-order valence-electron chi connectivity index (χ0n) is 8.86. The molecule has 2 N–H and O–H groups in total. The van der Waals surface area contributed by atoms with E-state index < -0.39 is 0 Å². The third kappa shape index (κ3) is 2.09. The fraction of sp³-hybridized carbons (Fsp3) is 0.154. The summed E-state index contributed by atoms with van der Waals surface area (Å²) in [6, 6.07) is 10.4. The van der Waals surface area contributed by atoms with E-state index in [1.165, 1.54) is 6.07 Å². The topological polar surface area (TPSA) is 38.9 Å². The van der Waals surface area contributed by atoms with E-state index in [2.05, 4.69) is 4.98 Å². The second-order valence-corrected chi connectivity index (χ2v) is 3.53. The number of aromatic nitrogens is 1. The summed E-state index contributed by atoms with van der Waals surface area (Å²) in [4.78, 5) is 4.23. The van der Waals surface area contributed by atoms with Gasteiger partial charge in [-0.25, -0.2) is 4.39 Å². The van der Waals surface area contributed by atoms with E-state index in [9.17, 15) is 4.39 Å². The van der Waals surface area contributed by atoms with Crippen LogP contribution in [-0.4, -0.2) is 11.5 Å². The first-order chi connectivity index (χ1) is 7.83. The van der Waals surface area contributed by atoms with Gasteiger partial charge in [-0.3, -0.25) is 4.98 Å². The summed E-state index contributed by atoms with van der Waals surface area (Å²) >= 11 is 0. The van der Waals surface area contributed by atoms with E-state index in [-0.39, 0.29) is 5.82 Å². The van der Waals surface area contributed by atoms with Crippen molar-refractivity contribution in [1.82, 2.24) is 4.98 Å². The molecule has 82 valence electrons. The Balaban J connectivity index is 2.51. The van der Waals surface area contributed by atoms with Gasteiger partial charge in [0, 0.05) is 11.8 Å². The van der Waals surface area contributed by atoms with Crippen LogP contribution < -0.4 is 5.73 Å². The average Bonchev–Trinajstić information content (AvgIpc) is 2.31. The van der Waals surface area contributed by atoms with E-state index in [4.69, 9.17) is 5.73 Å². The van der Waals surface area contributed by atoms with Gasteiger partial charge in [0.1, 0.15) is 5.82 Å². The molecule has 0 saturated heterocycles. The lowest BCUT2D eigenvalue weighted by atomic mass is 10.0. The largest absolute Gasteiger partial charge is 0.330 e. The molecule has 2 aromatic rings. The number of hydrogen-bond acceptors (Lipinski definition) is 2. The van der Waals surface area contributed by atoms with Gasteiger partial charge in [0.05, 0.1) is 5.69 Å². The molecule has 0 saturated carbocycles. The second-order valence-electron chi connectivity index (χ2n) is 3.53. The molecule has 0 aliphatic heterocycles. The molecule has 0 atom stereocenters. The van der Waals surface area contributed by atoms with Crippen LogP contribution in [0.4, 0.5) is 4.39 Å². The maximum atomic E-state index is 13.6. The third-order valence-electron chi connectivity index (χ3n) is 2.43. The van der Waals surface area contributed by atoms with E-state index in [0.29, 0.717) is 24.2 Å². The number of pyridine rings is 1. The fourth-order valence-corrected chi connectivity index (χ4v) is 1.69. The summed E-state index contributed by atoms with van der Waals surface area (Å²) < 4.78 is 13.6. The number of nitrogens with two attached hydrogens (primary N) is 1. The molecule has 0 fully saturated rings. The Labute approximate surface area is 93.9 Å². The van der Waals surface area contributed by atoms with Crippen LogP contribution in [0.1, 0.15) is 5.56 Å². The van der Waals surface area contributed by atoms with Crippen LogP contribution in [0.5, 0.6) is 0 Å². The zero-order chi connectivity index (χ0) is 11.4. The van der Waals surface area contributed by atoms with Crippen molar-refractivity contribution in [2.75, 3.05) is 6.54 Å². The van der Waals surface area contributed by atoms with Crippen LogP contribution in [0.25, 0.3) is 11.3 Å². The molecular weight excluding hydrogens is 203 g/mol. The Morgan fingerprint density at radius 1 is 1.12 bits per heavy atom. The number of hydrogen-bond donors (Lipinski definition) is 1. The van der Waals surface area contributed by atoms with Gasteiger partial charge in [-0.05, 0) is 36.7 Å². The molecule has 2 nitrogen and oxygen atoms in total. The summed E-state index contributed by atoms with van der Waals surface area (Å²) in [5.74, 6) is -0.250. The minimum Gasteiger partial charge on any atom is -0.330 e. The highest BCUT2D eigenvalue weighted by molar-refractivity contribution is 5.63. The monoisotopic (exact) mass is 216 g/mol. The van der Waals surface area contributed by atoms with Gasteiger partial charge in [0.25, 0.3) is 0 Å². The van der Waals surface area contributed by atoms with Gasteiger partial charge in [-0.15, -0.1) is 0 Å². The molecule has 0 radical (unpaired) electrons. The highest BCUT2D eigenvalue weighted by Gasteiger charge is 2.09. The number of nitrogens with zero attached hydrogens (tertiary/aromatic N) is 1. The van der Waals surface area contributed by atoms with Crippen molar-refractivity contribution >= 4 is 0 Å². The molecule has 3 heteroatoms. The van der Waals surface area contributed by atoms with Crippen LogP contribution >= 0.6 is 0 Å². The van der Waals surface area contributed by atoms with Gasteiger partial charge >= 0.3 is 0 Å². The van der Waals surface area contributed by atoms with Gasteiger partial charge in [-0.2, -0.15) is 0 Å². The quantitative estimate of drug-likeness (QED) is 0.855. The fourth-order valence-electron chi connectivity index (χ4n) is 1.69. The van der Waals surface area contributed by atoms with Crippen LogP contribution in [0.3, 0.4) is 0 Å². The van der Waals surface area contributed by atoms with Gasteiger partial charge in [-0.1, -0.05) is 18.2 Å². The van der Waals surface area contributed by atoms with E-state index >= 15 is 0 Å². The van der Waals surface area contributed by atoms with E-state index in [1.807, 2.05) is 12.1 Å². The molecule has 1 heterocycles. The molecule has 0 bridgehead atoms. The number of halogens is 1. The lowest BCUT2D eigenvalue weighted by Crippen LogP contribution is -2.05. The Morgan fingerprint density at radius 2 is 1.94 bits per heavy atom. The Morgan fingerprint density at radius 3 is 2.69 bits per heavy atom. The molecule has 1 aromatic carbocycles. The minimum atomic E-state index is -0.250. The summed E-state index contributed by atoms with van der Waals surface area (Å²) in [6.45, 7) is 0.535. The summed E-state index contributed by atoms with van der Waals surface area (Å²) in [5.41, 5.74) is 7.73. The molecule has 16 heavy (non-hydrogen) atoms. The van der Waals surface area contributed by atoms with E-state index in [1.54, 1.807) is 24.4 Å². The van der Waals surface area contributed by atoms with Crippen molar-refractivity contribution in [2.24, 2.45) is 5.73 Å². The molecule has 2 rings (SSSR count). The Hall–Kier alpha value is -1.74. The standard InChI is InChI=1S/C13H13FN2/c14-12-6-2-1-5-11(12)13-10(7-8-15)4-3-9-16-13/h1-6,9H,7-8,15H2. The first-order valence-electron chi connectivity index (χ1n) is 5.22. The molecular formula is C13H13FN2. The number of rotatable bonds is 3. The van der Waals surface area contributed by atoms with Crippen LogP contribution in [0, 0.1) is 5.82 Å². The lowest BCUT2D eigenvalue weighted by molar-refractivity contribution is 0.630. The average molecular weight is 216 g/mol. The maximum absolute atomic E-state index is 13.6. The van der Waals surface area contributed by atoms with Crippen LogP contribution in [0.15, 0.2) is 42.6 Å². The molecule has 0 aliphatic carbocycles. The number of benzene rings is 1. The third-order valence-corrected chi connectivity index (χ3v) is 2.43. The maximum Gasteiger partial charge on any atom is 0.132 e. The minimum absolute atomic E-state index is 0.250. The van der Waals surface area contributed by atoms with E-state index in [0.717, 1.165) is 5.56 Å². The van der Waals surface area contributed by atoms with Gasteiger partial charge < -0.3 is 5.73 Å². The van der Waals surface area contributed by atoms with Crippen LogP contribution in [0.2, 0.25) is 0 Å². The van der Waals surface area contributed by atoms with Crippen molar-refractivity contribution in [3.63, 3.8) is 0 Å². The normalized spacial score (nSPS) is 10.4. The van der Waals surface area contributed by atoms with Gasteiger partial charge in [0.15, 0.2) is 0 Å². The van der Waals surface area contributed by atoms with Crippen LogP contribution in [-0.2, 0) is 6.42 Å². The highest BCUT2D eigenvalue weighted by atomic mass is 19.1. The summed E-state index contributed by atoms with van der Waals surface area (Å²) in [6.07, 6.45) is 2.37. The smallest absolute Gasteiger partial charge is 0.132 e. The first-order valence-corrected chi connectivity index (χ1v) is 5.22. The molecule has 0 spiro atoms.